The summed E-state index contributed by atoms with van der Waals surface area (Å²) in [6.07, 6.45) is -0.392. The fourth-order valence-electron chi connectivity index (χ4n) is 2.56. The van der Waals surface area contributed by atoms with E-state index in [-0.39, 0.29) is 31.9 Å². The molecule has 2 amide bonds. The Morgan fingerprint density at radius 3 is 2.71 bits per heavy atom. The minimum absolute atomic E-state index is 0. The molecule has 2 aliphatic heterocycles. The summed E-state index contributed by atoms with van der Waals surface area (Å²) >= 11 is 0. The third-order valence-corrected chi connectivity index (χ3v) is 3.58. The van der Waals surface area contributed by atoms with E-state index in [2.05, 4.69) is 15.7 Å². The fraction of sp³-hybridized carbons (Fsp3) is 0.545. The lowest BCUT2D eigenvalue weighted by Crippen LogP contribution is -2.45. The predicted molar refractivity (Wildman–Crippen MR) is 73.5 cm³/mol. The maximum Gasteiger partial charge on any atom is 0.340 e. The lowest BCUT2D eigenvalue weighted by Gasteiger charge is -2.19. The average Bonchev–Trinajstić information content (AvgIpc) is 2.99. The second-order valence-corrected chi connectivity index (χ2v) is 4.98. The minimum Gasteiger partial charge on any atom is -0.396 e. The number of fused-ring (bicyclic) bond motifs is 5. The number of carbonyl (C=O) groups is 1. The summed E-state index contributed by atoms with van der Waals surface area (Å²) in [7, 11) is 0. The van der Waals surface area contributed by atoms with Gasteiger partial charge in [0, 0.05) is 19.2 Å². The summed E-state index contributed by atoms with van der Waals surface area (Å²) in [4.78, 5) is 14.5. The van der Waals surface area contributed by atoms with Crippen LogP contribution in [0.5, 0.6) is 0 Å². The third-order valence-electron chi connectivity index (χ3n) is 3.58. The van der Waals surface area contributed by atoms with Crippen molar-refractivity contribution in [1.29, 1.82) is 0 Å². The first kappa shape index (κ1) is 16.0. The molecule has 1 fully saturated rings. The predicted octanol–water partition coefficient (Wildman–Crippen LogP) is -1.77. The Labute approximate surface area is 126 Å². The molecular weight excluding hydrogens is 304 g/mol. The highest BCUT2D eigenvalue weighted by molar-refractivity contribution is 5.98. The van der Waals surface area contributed by atoms with Crippen LogP contribution >= 0.6 is 12.4 Å². The van der Waals surface area contributed by atoms with Crippen LogP contribution in [0, 0.1) is 0 Å². The SMILES string of the molecule is Cl.O=C1NC2(O)NN1c1c(C[C@H](O)[C@H](O)CCO)c[nH]c12. The molecule has 1 aromatic heterocycles. The number of hydrazine groups is 1. The van der Waals surface area contributed by atoms with E-state index in [0.29, 0.717) is 16.9 Å². The number of H-pyrrole nitrogens is 1. The second kappa shape index (κ2) is 5.44. The van der Waals surface area contributed by atoms with Crippen molar-refractivity contribution in [2.75, 3.05) is 11.6 Å². The van der Waals surface area contributed by atoms with Crippen LogP contribution in [0.25, 0.3) is 0 Å². The van der Waals surface area contributed by atoms with E-state index in [9.17, 15) is 20.1 Å². The number of aliphatic hydroxyl groups excluding tert-OH is 3. The lowest BCUT2D eigenvalue weighted by atomic mass is 10.0. The van der Waals surface area contributed by atoms with Gasteiger partial charge in [0.1, 0.15) is 5.69 Å². The van der Waals surface area contributed by atoms with Gasteiger partial charge in [-0.3, -0.25) is 5.32 Å². The highest BCUT2D eigenvalue weighted by Crippen LogP contribution is 2.40. The number of halogens is 1. The Morgan fingerprint density at radius 2 is 2.05 bits per heavy atom. The molecule has 10 heteroatoms. The molecule has 0 spiro atoms. The quantitative estimate of drug-likeness (QED) is 0.342. The molecule has 1 unspecified atom stereocenters. The van der Waals surface area contributed by atoms with Gasteiger partial charge < -0.3 is 25.4 Å². The van der Waals surface area contributed by atoms with E-state index in [1.165, 1.54) is 0 Å². The molecule has 9 nitrogen and oxygen atoms in total. The van der Waals surface area contributed by atoms with Crippen LogP contribution in [0.1, 0.15) is 17.7 Å². The summed E-state index contributed by atoms with van der Waals surface area (Å²) in [5, 5.41) is 41.9. The molecule has 0 radical (unpaired) electrons. The summed E-state index contributed by atoms with van der Waals surface area (Å²) in [5.41, 5.74) is 4.00. The van der Waals surface area contributed by atoms with Gasteiger partial charge in [-0.05, 0) is 12.0 Å². The van der Waals surface area contributed by atoms with Gasteiger partial charge in [0.2, 0.25) is 0 Å². The zero-order valence-electron chi connectivity index (χ0n) is 10.9. The number of rotatable bonds is 5. The van der Waals surface area contributed by atoms with E-state index in [0.717, 1.165) is 5.01 Å². The van der Waals surface area contributed by atoms with Crippen LogP contribution in [0.15, 0.2) is 6.20 Å². The Hall–Kier alpha value is -1.36. The first-order valence-electron chi connectivity index (χ1n) is 6.26. The Balaban J connectivity index is 0.00000161. The van der Waals surface area contributed by atoms with Crippen LogP contribution in [0.2, 0.25) is 0 Å². The highest BCUT2D eigenvalue weighted by atomic mass is 35.5. The van der Waals surface area contributed by atoms with Crippen molar-refractivity contribution in [3.05, 3.63) is 17.5 Å². The van der Waals surface area contributed by atoms with Crippen LogP contribution in [0.3, 0.4) is 0 Å². The second-order valence-electron chi connectivity index (χ2n) is 4.98. The number of nitrogens with zero attached hydrogens (tertiary/aromatic N) is 1. The molecule has 118 valence electrons. The zero-order valence-corrected chi connectivity index (χ0v) is 11.7. The summed E-state index contributed by atoms with van der Waals surface area (Å²) < 4.78 is 0. The molecule has 0 aromatic carbocycles. The van der Waals surface area contributed by atoms with Gasteiger partial charge >= 0.3 is 6.03 Å². The first-order valence-corrected chi connectivity index (χ1v) is 6.26. The van der Waals surface area contributed by atoms with E-state index in [1.54, 1.807) is 6.20 Å². The van der Waals surface area contributed by atoms with Gasteiger partial charge in [-0.15, -0.1) is 12.4 Å². The molecule has 3 heterocycles. The Morgan fingerprint density at radius 1 is 1.33 bits per heavy atom. The number of amides is 2. The van der Waals surface area contributed by atoms with Crippen LogP contribution in [-0.2, 0) is 12.3 Å². The topological polar surface area (TPSA) is 141 Å². The zero-order chi connectivity index (χ0) is 14.5. The van der Waals surface area contributed by atoms with Crippen molar-refractivity contribution in [1.82, 2.24) is 15.7 Å². The van der Waals surface area contributed by atoms with E-state index in [4.69, 9.17) is 5.11 Å². The number of aromatic nitrogens is 1. The molecule has 2 aliphatic rings. The lowest BCUT2D eigenvalue weighted by molar-refractivity contribution is 0.00420. The Bertz CT molecular complexity index is 553. The highest BCUT2D eigenvalue weighted by Gasteiger charge is 2.54. The molecule has 7 N–H and O–H groups in total. The monoisotopic (exact) mass is 320 g/mol. The van der Waals surface area contributed by atoms with Gasteiger partial charge in [0.05, 0.1) is 17.9 Å². The van der Waals surface area contributed by atoms with Crippen molar-refractivity contribution in [2.24, 2.45) is 0 Å². The third kappa shape index (κ3) is 2.37. The number of aliphatic hydroxyl groups is 4. The van der Waals surface area contributed by atoms with Crippen molar-refractivity contribution < 1.29 is 25.2 Å². The number of hydrogen-bond acceptors (Lipinski definition) is 6. The molecule has 2 bridgehead atoms. The standard InChI is InChI=1S/C11H16N4O5.ClH/c16-2-1-6(17)7(18)3-5-4-12-9-8(5)15-10(19)13-11(9,20)14-15;/h4,6-7,12,14,16-18,20H,1-3H2,(H,13,19);1H/t6-,7+,11?;/m1./s1. The summed E-state index contributed by atoms with van der Waals surface area (Å²) in [5.74, 6) is -1.65. The first-order chi connectivity index (χ1) is 9.46. The number of anilines is 1. The maximum absolute atomic E-state index is 11.6. The van der Waals surface area contributed by atoms with Crippen LogP contribution in [0.4, 0.5) is 10.5 Å². The van der Waals surface area contributed by atoms with E-state index >= 15 is 0 Å². The number of carbonyl (C=O) groups excluding carboxylic acids is 1. The smallest absolute Gasteiger partial charge is 0.340 e. The average molecular weight is 321 g/mol. The number of urea groups is 1. The van der Waals surface area contributed by atoms with Crippen molar-refractivity contribution in [3.8, 4) is 0 Å². The van der Waals surface area contributed by atoms with Gasteiger partial charge in [0.15, 0.2) is 0 Å². The van der Waals surface area contributed by atoms with Crippen LogP contribution < -0.4 is 15.8 Å². The van der Waals surface area contributed by atoms with Crippen molar-refractivity contribution in [2.45, 2.75) is 30.9 Å². The largest absolute Gasteiger partial charge is 0.396 e. The molecule has 3 rings (SSSR count). The molecule has 0 saturated carbocycles. The number of nitrogens with one attached hydrogen (secondary N) is 3. The van der Waals surface area contributed by atoms with Gasteiger partial charge in [0.25, 0.3) is 5.85 Å². The molecule has 0 aliphatic carbocycles. The summed E-state index contributed by atoms with van der Waals surface area (Å²) in [6, 6.07) is -0.494. The van der Waals surface area contributed by atoms with Gasteiger partial charge in [-0.2, -0.15) is 5.43 Å². The number of aromatic amines is 1. The fourth-order valence-corrected chi connectivity index (χ4v) is 2.56. The van der Waals surface area contributed by atoms with Crippen molar-refractivity contribution in [3.63, 3.8) is 0 Å². The summed E-state index contributed by atoms with van der Waals surface area (Å²) in [6.45, 7) is -0.223. The maximum atomic E-state index is 11.6. The molecule has 21 heavy (non-hydrogen) atoms. The van der Waals surface area contributed by atoms with Gasteiger partial charge in [-0.25, -0.2) is 9.80 Å². The molecule has 1 aromatic rings. The normalized spacial score (nSPS) is 25.3. The molecule has 1 saturated heterocycles. The van der Waals surface area contributed by atoms with Crippen molar-refractivity contribution >= 4 is 24.1 Å². The molecular formula is C11H17ClN4O5. The molecule has 3 atom stereocenters. The number of hydrogen-bond donors (Lipinski definition) is 7. The minimum atomic E-state index is -1.65. The van der Waals surface area contributed by atoms with E-state index in [1.807, 2.05) is 0 Å². The van der Waals surface area contributed by atoms with Crippen LogP contribution in [-0.4, -0.2) is 50.3 Å². The van der Waals surface area contributed by atoms with E-state index < -0.39 is 24.1 Å². The Kier molecular flexibility index (Phi) is 4.15. The van der Waals surface area contributed by atoms with Gasteiger partial charge in [-0.1, -0.05) is 0 Å².